The monoisotopic (exact) mass is 468 g/mol. The van der Waals surface area contributed by atoms with Crippen LogP contribution in [-0.4, -0.2) is 46.9 Å². The molecule has 3 rings (SSSR count). The molecule has 0 spiro atoms. The van der Waals surface area contributed by atoms with E-state index in [0.29, 0.717) is 24.2 Å². The second-order valence-electron chi connectivity index (χ2n) is 8.50. The molecule has 0 aliphatic heterocycles. The van der Waals surface area contributed by atoms with Gasteiger partial charge in [0.1, 0.15) is 0 Å². The van der Waals surface area contributed by atoms with Crippen LogP contribution in [0.5, 0.6) is 0 Å². The van der Waals surface area contributed by atoms with Gasteiger partial charge in [0.2, 0.25) is 0 Å². The van der Waals surface area contributed by atoms with E-state index in [1.807, 2.05) is 0 Å². The number of hydrogen-bond donors (Lipinski definition) is 6. The van der Waals surface area contributed by atoms with E-state index in [-0.39, 0.29) is 17.3 Å². The van der Waals surface area contributed by atoms with Crippen LogP contribution in [0.15, 0.2) is 49.1 Å². The minimum Gasteiger partial charge on any atom is -0.336 e. The van der Waals surface area contributed by atoms with Gasteiger partial charge in [-0.2, -0.15) is 0 Å². The summed E-state index contributed by atoms with van der Waals surface area (Å²) in [5.41, 5.74) is 9.96. The van der Waals surface area contributed by atoms with E-state index in [1.165, 1.54) is 49.1 Å². The highest BCUT2D eigenvalue weighted by molar-refractivity contribution is 5.95. The van der Waals surface area contributed by atoms with Crippen molar-refractivity contribution in [1.82, 2.24) is 42.3 Å². The predicted molar refractivity (Wildman–Crippen MR) is 122 cm³/mol. The van der Waals surface area contributed by atoms with E-state index in [0.717, 1.165) is 6.42 Å². The van der Waals surface area contributed by atoms with E-state index in [4.69, 9.17) is 0 Å². The summed E-state index contributed by atoms with van der Waals surface area (Å²) >= 11 is 0. The Bertz CT molecular complexity index is 937. The first kappa shape index (κ1) is 24.4. The van der Waals surface area contributed by atoms with Crippen LogP contribution in [0.1, 0.15) is 41.0 Å². The summed E-state index contributed by atoms with van der Waals surface area (Å²) in [4.78, 5) is 55.6. The molecule has 1 aliphatic rings. The highest BCUT2D eigenvalue weighted by Gasteiger charge is 2.47. The maximum atomic E-state index is 12.0. The smallest absolute Gasteiger partial charge is 0.333 e. The number of nitrogens with zero attached hydrogens (tertiary/aromatic N) is 2. The third-order valence-electron chi connectivity index (χ3n) is 6.16. The Labute approximate surface area is 196 Å². The van der Waals surface area contributed by atoms with Gasteiger partial charge in [-0.3, -0.25) is 30.4 Å². The molecule has 0 aromatic carbocycles. The van der Waals surface area contributed by atoms with E-state index in [9.17, 15) is 19.2 Å². The first-order valence-corrected chi connectivity index (χ1v) is 10.8. The van der Waals surface area contributed by atoms with Crippen molar-refractivity contribution in [2.45, 2.75) is 20.3 Å². The molecular weight excluding hydrogens is 440 g/mol. The minimum absolute atomic E-state index is 0.124. The molecule has 2 atom stereocenters. The van der Waals surface area contributed by atoms with Crippen LogP contribution in [0, 0.1) is 17.3 Å². The van der Waals surface area contributed by atoms with Crippen molar-refractivity contribution in [2.75, 3.05) is 13.1 Å². The molecule has 2 aromatic rings. The highest BCUT2D eigenvalue weighted by Crippen LogP contribution is 2.50. The molecule has 2 unspecified atom stereocenters. The molecule has 180 valence electrons. The number of urea groups is 2. The Balaban J connectivity index is 1.31. The molecule has 0 bridgehead atoms. The van der Waals surface area contributed by atoms with Gasteiger partial charge in [0, 0.05) is 49.0 Å². The summed E-state index contributed by atoms with van der Waals surface area (Å²) in [6.07, 6.45) is 6.76. The Morgan fingerprint density at radius 3 is 1.47 bits per heavy atom. The van der Waals surface area contributed by atoms with Gasteiger partial charge >= 0.3 is 12.1 Å². The second kappa shape index (κ2) is 11.1. The van der Waals surface area contributed by atoms with Gasteiger partial charge in [-0.15, -0.1) is 0 Å². The van der Waals surface area contributed by atoms with Crippen LogP contribution < -0.4 is 32.3 Å². The molecule has 12 nitrogen and oxygen atoms in total. The third kappa shape index (κ3) is 6.40. The van der Waals surface area contributed by atoms with E-state index in [1.54, 1.807) is 0 Å². The van der Waals surface area contributed by atoms with E-state index in [2.05, 4.69) is 56.2 Å². The molecule has 6 N–H and O–H groups in total. The summed E-state index contributed by atoms with van der Waals surface area (Å²) < 4.78 is 0. The minimum atomic E-state index is -0.510. The van der Waals surface area contributed by atoms with Gasteiger partial charge in [0.25, 0.3) is 11.8 Å². The fourth-order valence-electron chi connectivity index (χ4n) is 3.71. The van der Waals surface area contributed by atoms with Crippen molar-refractivity contribution in [3.63, 3.8) is 0 Å². The number of hydrogen-bond acceptors (Lipinski definition) is 6. The molecular formula is C22H28N8O4. The fourth-order valence-corrected chi connectivity index (χ4v) is 3.71. The standard InChI is InChI=1S/C22H28N8O4/c1-22(2)16(12-25-20(33)29-27-18(31)14-3-7-23-8-4-14)11-17(22)13-26-21(34)30-28-19(32)15-5-9-24-10-6-15/h3-10,16-17H,11-13H2,1-2H3,(H,27,31)(H,28,32)(H2,25,29,33)(H2,26,30,34). The first-order valence-electron chi connectivity index (χ1n) is 10.8. The number of carbonyl (C=O) groups is 4. The number of pyridine rings is 2. The molecule has 0 radical (unpaired) electrons. The zero-order valence-corrected chi connectivity index (χ0v) is 18.9. The van der Waals surface area contributed by atoms with Crippen molar-refractivity contribution < 1.29 is 19.2 Å². The van der Waals surface area contributed by atoms with Crippen LogP contribution in [0.2, 0.25) is 0 Å². The summed E-state index contributed by atoms with van der Waals surface area (Å²) in [7, 11) is 0. The van der Waals surface area contributed by atoms with Crippen LogP contribution in [0.3, 0.4) is 0 Å². The molecule has 1 aliphatic carbocycles. The predicted octanol–water partition coefficient (Wildman–Crippen LogP) is 0.727. The SMILES string of the molecule is CC1(C)C(CNC(=O)NNC(=O)c2ccncc2)CC1CNC(=O)NNC(=O)c1ccncc1. The largest absolute Gasteiger partial charge is 0.336 e. The first-order chi connectivity index (χ1) is 16.3. The lowest BCUT2D eigenvalue weighted by atomic mass is 9.54. The van der Waals surface area contributed by atoms with Crippen molar-refractivity contribution in [3.8, 4) is 0 Å². The van der Waals surface area contributed by atoms with Gasteiger partial charge in [-0.1, -0.05) is 13.8 Å². The summed E-state index contributed by atoms with van der Waals surface area (Å²) in [6, 6.07) is 5.13. The lowest BCUT2D eigenvalue weighted by molar-refractivity contribution is -0.0147. The lowest BCUT2D eigenvalue weighted by Gasteiger charge is -2.52. The molecule has 12 heteroatoms. The topological polar surface area (TPSA) is 166 Å². The van der Waals surface area contributed by atoms with Crippen LogP contribution in [0.4, 0.5) is 9.59 Å². The molecule has 1 fully saturated rings. The Morgan fingerprint density at radius 1 is 0.735 bits per heavy atom. The number of carbonyl (C=O) groups excluding carboxylic acids is 4. The van der Waals surface area contributed by atoms with Gasteiger partial charge in [0.15, 0.2) is 0 Å². The van der Waals surface area contributed by atoms with E-state index >= 15 is 0 Å². The Morgan fingerprint density at radius 2 is 1.12 bits per heavy atom. The number of hydrazine groups is 2. The van der Waals surface area contributed by atoms with Gasteiger partial charge in [0.05, 0.1) is 0 Å². The summed E-state index contributed by atoms with van der Waals surface area (Å²) in [5, 5.41) is 5.50. The van der Waals surface area contributed by atoms with Gasteiger partial charge in [-0.05, 0) is 47.9 Å². The highest BCUT2D eigenvalue weighted by atomic mass is 16.2. The molecule has 2 heterocycles. The molecule has 1 saturated carbocycles. The number of amides is 6. The quantitative estimate of drug-likeness (QED) is 0.342. The zero-order valence-electron chi connectivity index (χ0n) is 18.9. The maximum Gasteiger partial charge on any atom is 0.333 e. The van der Waals surface area contributed by atoms with Crippen molar-refractivity contribution in [3.05, 3.63) is 60.2 Å². The zero-order chi connectivity index (χ0) is 24.6. The molecule has 34 heavy (non-hydrogen) atoms. The Kier molecular flexibility index (Phi) is 7.96. The number of aromatic nitrogens is 2. The summed E-state index contributed by atoms with van der Waals surface area (Å²) in [6.45, 7) is 4.99. The Hall–Kier alpha value is -4.22. The molecule has 0 saturated heterocycles. The normalized spacial score (nSPS) is 17.9. The van der Waals surface area contributed by atoms with E-state index < -0.39 is 23.9 Å². The van der Waals surface area contributed by atoms with Gasteiger partial charge in [-0.25, -0.2) is 20.4 Å². The molecule has 2 aromatic heterocycles. The van der Waals surface area contributed by atoms with Crippen molar-refractivity contribution >= 4 is 23.9 Å². The fraction of sp³-hybridized carbons (Fsp3) is 0.364. The number of nitrogens with one attached hydrogen (secondary N) is 6. The van der Waals surface area contributed by atoms with Crippen LogP contribution in [-0.2, 0) is 0 Å². The maximum absolute atomic E-state index is 12.0. The van der Waals surface area contributed by atoms with Crippen LogP contribution in [0.25, 0.3) is 0 Å². The number of rotatable bonds is 6. The van der Waals surface area contributed by atoms with Crippen molar-refractivity contribution in [2.24, 2.45) is 17.3 Å². The average molecular weight is 469 g/mol. The molecule has 6 amide bonds. The van der Waals surface area contributed by atoms with Gasteiger partial charge < -0.3 is 10.6 Å². The average Bonchev–Trinajstić information content (AvgIpc) is 2.85. The lowest BCUT2D eigenvalue weighted by Crippen LogP contribution is -2.56. The summed E-state index contributed by atoms with van der Waals surface area (Å²) in [5.74, 6) is -0.475. The third-order valence-corrected chi connectivity index (χ3v) is 6.16. The van der Waals surface area contributed by atoms with Crippen molar-refractivity contribution in [1.29, 1.82) is 0 Å². The van der Waals surface area contributed by atoms with Crippen LogP contribution >= 0.6 is 0 Å². The second-order valence-corrected chi connectivity index (χ2v) is 8.50.